The second-order valence-electron chi connectivity index (χ2n) is 5.47. The molecule has 4 rings (SSSR count). The summed E-state index contributed by atoms with van der Waals surface area (Å²) in [7, 11) is 0. The second-order valence-corrected chi connectivity index (χ2v) is 6.91. The molecular weight excluding hydrogens is 342 g/mol. The molecule has 0 aliphatic heterocycles. The summed E-state index contributed by atoms with van der Waals surface area (Å²) in [5.41, 5.74) is 2.83. The van der Waals surface area contributed by atoms with Crippen molar-refractivity contribution >= 4 is 34.0 Å². The second kappa shape index (κ2) is 5.85. The number of aromatic nitrogens is 3. The number of nitrogens with zero attached hydrogens (tertiary/aromatic N) is 3. The molecule has 2 aromatic carbocycles. The molecule has 2 aromatic heterocycles. The molecule has 0 amide bonds. The van der Waals surface area contributed by atoms with Gasteiger partial charge in [0.2, 0.25) is 4.96 Å². The molecule has 0 bridgehead atoms. The van der Waals surface area contributed by atoms with Gasteiger partial charge in [-0.3, -0.25) is 4.79 Å². The predicted molar refractivity (Wildman–Crippen MR) is 97.5 cm³/mol. The van der Waals surface area contributed by atoms with E-state index in [1.807, 2.05) is 49.4 Å². The van der Waals surface area contributed by atoms with E-state index in [9.17, 15) is 4.79 Å². The van der Waals surface area contributed by atoms with Gasteiger partial charge in [-0.25, -0.2) is 0 Å². The van der Waals surface area contributed by atoms with Gasteiger partial charge in [0.15, 0.2) is 5.82 Å². The molecule has 4 nitrogen and oxygen atoms in total. The molecule has 0 saturated carbocycles. The first kappa shape index (κ1) is 15.1. The van der Waals surface area contributed by atoms with E-state index in [0.717, 1.165) is 16.7 Å². The fraction of sp³-hybridized carbons (Fsp3) is 0.0556. The van der Waals surface area contributed by atoms with Crippen molar-refractivity contribution < 1.29 is 0 Å². The van der Waals surface area contributed by atoms with Gasteiger partial charge >= 0.3 is 0 Å². The van der Waals surface area contributed by atoms with Crippen molar-refractivity contribution in [2.45, 2.75) is 6.92 Å². The first-order valence-electron chi connectivity index (χ1n) is 7.34. The Kier molecular flexibility index (Phi) is 3.67. The monoisotopic (exact) mass is 353 g/mol. The molecule has 4 aromatic rings. The molecule has 0 radical (unpaired) electrons. The molecule has 2 heterocycles. The Morgan fingerprint density at radius 1 is 1.17 bits per heavy atom. The SMILES string of the molecule is Cc1cccc(/C=c2/sc3nc(-c4ccc(Cl)cc4)nn3c2=O)c1. The smallest absolute Gasteiger partial charge is 0.266 e. The number of aryl methyl sites for hydroxylation is 1. The average molecular weight is 354 g/mol. The first-order chi connectivity index (χ1) is 11.6. The Hall–Kier alpha value is -2.50. The summed E-state index contributed by atoms with van der Waals surface area (Å²) in [5, 5.41) is 4.98. The van der Waals surface area contributed by atoms with E-state index in [4.69, 9.17) is 11.6 Å². The van der Waals surface area contributed by atoms with E-state index in [2.05, 4.69) is 10.1 Å². The van der Waals surface area contributed by atoms with Crippen LogP contribution in [0.25, 0.3) is 22.4 Å². The third kappa shape index (κ3) is 2.72. The molecule has 0 unspecified atom stereocenters. The number of fused-ring (bicyclic) bond motifs is 1. The summed E-state index contributed by atoms with van der Waals surface area (Å²) >= 11 is 7.23. The highest BCUT2D eigenvalue weighted by Gasteiger charge is 2.11. The van der Waals surface area contributed by atoms with Crippen molar-refractivity contribution in [1.29, 1.82) is 0 Å². The Labute approximate surface area is 146 Å². The van der Waals surface area contributed by atoms with Gasteiger partial charge in [0.1, 0.15) is 0 Å². The van der Waals surface area contributed by atoms with Crippen molar-refractivity contribution in [2.75, 3.05) is 0 Å². The van der Waals surface area contributed by atoms with E-state index >= 15 is 0 Å². The minimum absolute atomic E-state index is 0.149. The van der Waals surface area contributed by atoms with Gasteiger partial charge in [-0.2, -0.15) is 9.50 Å². The van der Waals surface area contributed by atoms with Gasteiger partial charge < -0.3 is 0 Å². The van der Waals surface area contributed by atoms with Crippen molar-refractivity contribution in [3.05, 3.63) is 79.6 Å². The number of halogens is 1. The molecule has 6 heteroatoms. The van der Waals surface area contributed by atoms with Crippen LogP contribution in [-0.4, -0.2) is 14.6 Å². The minimum atomic E-state index is -0.149. The lowest BCUT2D eigenvalue weighted by atomic mass is 10.1. The van der Waals surface area contributed by atoms with E-state index < -0.39 is 0 Å². The minimum Gasteiger partial charge on any atom is -0.266 e. The van der Waals surface area contributed by atoms with Crippen LogP contribution in [0.1, 0.15) is 11.1 Å². The molecule has 0 aliphatic carbocycles. The number of thiazole rings is 1. The van der Waals surface area contributed by atoms with Gasteiger partial charge in [0.05, 0.1) is 4.53 Å². The highest BCUT2D eigenvalue weighted by Crippen LogP contribution is 2.19. The van der Waals surface area contributed by atoms with Crippen molar-refractivity contribution in [3.63, 3.8) is 0 Å². The molecule has 0 fully saturated rings. The zero-order valence-electron chi connectivity index (χ0n) is 12.7. The van der Waals surface area contributed by atoms with Gasteiger partial charge in [-0.15, -0.1) is 5.10 Å². The highest BCUT2D eigenvalue weighted by atomic mass is 35.5. The summed E-state index contributed by atoms with van der Waals surface area (Å²) in [6.07, 6.45) is 1.87. The van der Waals surface area contributed by atoms with Crippen LogP contribution in [0.15, 0.2) is 53.3 Å². The maximum atomic E-state index is 12.5. The molecule has 118 valence electrons. The fourth-order valence-electron chi connectivity index (χ4n) is 2.47. The molecule has 0 aliphatic rings. The average Bonchev–Trinajstić information content (AvgIpc) is 3.09. The van der Waals surface area contributed by atoms with Crippen LogP contribution in [0.2, 0.25) is 5.02 Å². The van der Waals surface area contributed by atoms with E-state index in [1.54, 1.807) is 12.1 Å². The van der Waals surface area contributed by atoms with Gasteiger partial charge in [0.25, 0.3) is 5.56 Å². The van der Waals surface area contributed by atoms with Crippen LogP contribution in [0.4, 0.5) is 0 Å². The summed E-state index contributed by atoms with van der Waals surface area (Å²) < 4.78 is 1.98. The lowest BCUT2D eigenvalue weighted by Crippen LogP contribution is -2.23. The number of rotatable bonds is 2. The fourth-order valence-corrected chi connectivity index (χ4v) is 3.50. The number of hydrogen-bond acceptors (Lipinski definition) is 4. The van der Waals surface area contributed by atoms with Crippen molar-refractivity contribution in [2.24, 2.45) is 0 Å². The lowest BCUT2D eigenvalue weighted by molar-refractivity contribution is 0.937. The number of benzene rings is 2. The van der Waals surface area contributed by atoms with E-state index in [-0.39, 0.29) is 5.56 Å². The zero-order chi connectivity index (χ0) is 16.7. The van der Waals surface area contributed by atoms with Gasteiger partial charge in [-0.05, 0) is 42.8 Å². The molecular formula is C18H12ClN3OS. The third-order valence-electron chi connectivity index (χ3n) is 3.62. The standard InChI is InChI=1S/C18H12ClN3OS/c1-11-3-2-4-12(9-11)10-15-17(23)22-18(24-15)20-16(21-22)13-5-7-14(19)8-6-13/h2-10H,1H3/b15-10+. The van der Waals surface area contributed by atoms with Crippen LogP contribution >= 0.6 is 22.9 Å². The van der Waals surface area contributed by atoms with Crippen LogP contribution in [0, 0.1) is 6.92 Å². The molecule has 0 atom stereocenters. The van der Waals surface area contributed by atoms with E-state index in [1.165, 1.54) is 15.9 Å². The largest absolute Gasteiger partial charge is 0.291 e. The van der Waals surface area contributed by atoms with Crippen LogP contribution in [0.3, 0.4) is 0 Å². The van der Waals surface area contributed by atoms with Gasteiger partial charge in [-0.1, -0.05) is 52.8 Å². The molecule has 0 N–H and O–H groups in total. The van der Waals surface area contributed by atoms with Crippen LogP contribution < -0.4 is 10.1 Å². The normalized spacial score (nSPS) is 12.2. The topological polar surface area (TPSA) is 47.3 Å². The van der Waals surface area contributed by atoms with Crippen LogP contribution in [-0.2, 0) is 0 Å². The first-order valence-corrected chi connectivity index (χ1v) is 8.53. The highest BCUT2D eigenvalue weighted by molar-refractivity contribution is 7.15. The maximum absolute atomic E-state index is 12.5. The summed E-state index contributed by atoms with van der Waals surface area (Å²) in [5.74, 6) is 0.525. The Morgan fingerprint density at radius 2 is 1.96 bits per heavy atom. The Morgan fingerprint density at radius 3 is 2.67 bits per heavy atom. The van der Waals surface area contributed by atoms with E-state index in [0.29, 0.717) is 20.3 Å². The zero-order valence-corrected chi connectivity index (χ0v) is 14.3. The predicted octanol–water partition coefficient (Wildman–Crippen LogP) is 3.33. The van der Waals surface area contributed by atoms with Crippen molar-refractivity contribution in [1.82, 2.24) is 14.6 Å². The molecule has 24 heavy (non-hydrogen) atoms. The third-order valence-corrected chi connectivity index (χ3v) is 4.84. The Bertz CT molecular complexity index is 1150. The lowest BCUT2D eigenvalue weighted by Gasteiger charge is -1.94. The molecule has 0 spiro atoms. The van der Waals surface area contributed by atoms with Crippen molar-refractivity contribution in [3.8, 4) is 11.4 Å². The van der Waals surface area contributed by atoms with Crippen LogP contribution in [0.5, 0.6) is 0 Å². The summed E-state index contributed by atoms with van der Waals surface area (Å²) in [6, 6.07) is 15.2. The molecule has 0 saturated heterocycles. The summed E-state index contributed by atoms with van der Waals surface area (Å²) in [4.78, 5) is 17.6. The summed E-state index contributed by atoms with van der Waals surface area (Å²) in [6.45, 7) is 2.02. The quantitative estimate of drug-likeness (QED) is 0.555. The maximum Gasteiger partial charge on any atom is 0.291 e. The number of hydrogen-bond donors (Lipinski definition) is 0. The Balaban J connectivity index is 1.81. The van der Waals surface area contributed by atoms with Gasteiger partial charge in [0, 0.05) is 10.6 Å².